The van der Waals surface area contributed by atoms with E-state index in [0.29, 0.717) is 23.7 Å². The second kappa shape index (κ2) is 7.52. The second-order valence-electron chi connectivity index (χ2n) is 6.63. The molecule has 0 atom stereocenters. The van der Waals surface area contributed by atoms with E-state index < -0.39 is 0 Å². The number of nitrogens with zero attached hydrogens (tertiary/aromatic N) is 3. The summed E-state index contributed by atoms with van der Waals surface area (Å²) in [5.41, 5.74) is 5.09. The van der Waals surface area contributed by atoms with Crippen molar-refractivity contribution in [1.29, 1.82) is 0 Å². The van der Waals surface area contributed by atoms with Crippen LogP contribution in [0.5, 0.6) is 0 Å². The highest BCUT2D eigenvalue weighted by Crippen LogP contribution is 2.24. The van der Waals surface area contributed by atoms with Crippen LogP contribution < -0.4 is 5.32 Å². The zero-order chi connectivity index (χ0) is 19.5. The van der Waals surface area contributed by atoms with Crippen molar-refractivity contribution in [3.05, 3.63) is 89.6 Å². The minimum atomic E-state index is -0.206. The second-order valence-corrected chi connectivity index (χ2v) is 6.63. The van der Waals surface area contributed by atoms with E-state index in [1.165, 1.54) is 0 Å². The normalized spacial score (nSPS) is 10.8. The highest BCUT2D eigenvalue weighted by atomic mass is 16.3. The number of benzene rings is 1. The topological polar surface area (TPSA) is 73.0 Å². The van der Waals surface area contributed by atoms with Crippen LogP contribution in [0.15, 0.2) is 71.6 Å². The summed E-state index contributed by atoms with van der Waals surface area (Å²) in [6, 6.07) is 15.2. The summed E-state index contributed by atoms with van der Waals surface area (Å²) in [6.45, 7) is 4.46. The van der Waals surface area contributed by atoms with Crippen LogP contribution in [-0.2, 0) is 6.54 Å². The number of carbonyl (C=O) groups is 1. The Balaban J connectivity index is 1.71. The van der Waals surface area contributed by atoms with Crippen LogP contribution in [-0.4, -0.2) is 20.7 Å². The third-order valence-corrected chi connectivity index (χ3v) is 4.50. The Morgan fingerprint density at radius 3 is 2.64 bits per heavy atom. The van der Waals surface area contributed by atoms with E-state index in [0.717, 1.165) is 22.4 Å². The standard InChI is InChI=1S/C22H20N4O2/c1-15-5-6-19(16(2)12-15)26-20(13-18(25-26)21-4-3-11-28-21)22(27)24-14-17-7-9-23-10-8-17/h3-13H,14H2,1-2H3,(H,24,27). The van der Waals surface area contributed by atoms with Crippen LogP contribution in [0.1, 0.15) is 27.2 Å². The predicted molar refractivity (Wildman–Crippen MR) is 106 cm³/mol. The van der Waals surface area contributed by atoms with E-state index in [9.17, 15) is 4.79 Å². The number of nitrogens with one attached hydrogen (secondary N) is 1. The number of aryl methyl sites for hydroxylation is 2. The zero-order valence-corrected chi connectivity index (χ0v) is 15.7. The molecule has 0 fully saturated rings. The van der Waals surface area contributed by atoms with Gasteiger partial charge in [0.1, 0.15) is 11.4 Å². The average Bonchev–Trinajstić information content (AvgIpc) is 3.37. The van der Waals surface area contributed by atoms with Crippen molar-refractivity contribution in [3.8, 4) is 17.1 Å². The summed E-state index contributed by atoms with van der Waals surface area (Å²) in [4.78, 5) is 17.0. The zero-order valence-electron chi connectivity index (χ0n) is 15.7. The van der Waals surface area contributed by atoms with Gasteiger partial charge in [-0.05, 0) is 55.3 Å². The van der Waals surface area contributed by atoms with Crippen LogP contribution in [0.3, 0.4) is 0 Å². The Labute approximate surface area is 162 Å². The monoisotopic (exact) mass is 372 g/mol. The molecule has 28 heavy (non-hydrogen) atoms. The van der Waals surface area contributed by atoms with Gasteiger partial charge >= 0.3 is 0 Å². The van der Waals surface area contributed by atoms with Crippen molar-refractivity contribution in [2.45, 2.75) is 20.4 Å². The van der Waals surface area contributed by atoms with Gasteiger partial charge in [-0.2, -0.15) is 5.10 Å². The number of amides is 1. The Morgan fingerprint density at radius 1 is 1.11 bits per heavy atom. The molecule has 3 aromatic heterocycles. The fourth-order valence-corrected chi connectivity index (χ4v) is 3.09. The molecule has 6 heteroatoms. The molecule has 0 unspecified atom stereocenters. The largest absolute Gasteiger partial charge is 0.463 e. The number of hydrogen-bond donors (Lipinski definition) is 1. The Morgan fingerprint density at radius 2 is 1.93 bits per heavy atom. The third kappa shape index (κ3) is 3.57. The molecule has 0 aliphatic rings. The minimum absolute atomic E-state index is 0.206. The van der Waals surface area contributed by atoms with Gasteiger partial charge in [-0.25, -0.2) is 4.68 Å². The molecule has 4 rings (SSSR count). The van der Waals surface area contributed by atoms with E-state index in [1.54, 1.807) is 35.5 Å². The fraction of sp³-hybridized carbons (Fsp3) is 0.136. The van der Waals surface area contributed by atoms with Crippen molar-refractivity contribution in [2.75, 3.05) is 0 Å². The average molecular weight is 372 g/mol. The van der Waals surface area contributed by atoms with Crippen LogP contribution in [0, 0.1) is 13.8 Å². The lowest BCUT2D eigenvalue weighted by molar-refractivity contribution is 0.0943. The van der Waals surface area contributed by atoms with Gasteiger partial charge in [0.25, 0.3) is 5.91 Å². The first-order valence-corrected chi connectivity index (χ1v) is 9.00. The van der Waals surface area contributed by atoms with Crippen molar-refractivity contribution in [2.24, 2.45) is 0 Å². The highest BCUT2D eigenvalue weighted by molar-refractivity contribution is 5.94. The lowest BCUT2D eigenvalue weighted by Gasteiger charge is -2.11. The number of hydrogen-bond acceptors (Lipinski definition) is 4. The van der Waals surface area contributed by atoms with Gasteiger partial charge in [0.2, 0.25) is 0 Å². The van der Waals surface area contributed by atoms with E-state index in [-0.39, 0.29) is 5.91 Å². The number of furan rings is 1. The summed E-state index contributed by atoms with van der Waals surface area (Å²) in [7, 11) is 0. The number of carbonyl (C=O) groups excluding carboxylic acids is 1. The highest BCUT2D eigenvalue weighted by Gasteiger charge is 2.19. The van der Waals surface area contributed by atoms with Crippen molar-refractivity contribution >= 4 is 5.91 Å². The quantitative estimate of drug-likeness (QED) is 0.573. The molecule has 3 heterocycles. The van der Waals surface area contributed by atoms with Gasteiger partial charge in [0.05, 0.1) is 12.0 Å². The van der Waals surface area contributed by atoms with Crippen LogP contribution in [0.2, 0.25) is 0 Å². The molecule has 0 spiro atoms. The molecule has 0 bridgehead atoms. The van der Waals surface area contributed by atoms with Gasteiger partial charge in [-0.3, -0.25) is 9.78 Å². The maximum Gasteiger partial charge on any atom is 0.270 e. The lowest BCUT2D eigenvalue weighted by Crippen LogP contribution is -2.25. The molecule has 0 aliphatic carbocycles. The van der Waals surface area contributed by atoms with Crippen LogP contribution >= 0.6 is 0 Å². The van der Waals surface area contributed by atoms with Crippen LogP contribution in [0.25, 0.3) is 17.1 Å². The third-order valence-electron chi connectivity index (χ3n) is 4.50. The summed E-state index contributed by atoms with van der Waals surface area (Å²) < 4.78 is 7.14. The summed E-state index contributed by atoms with van der Waals surface area (Å²) in [5, 5.41) is 7.60. The molecule has 1 N–H and O–H groups in total. The molecule has 0 saturated heterocycles. The molecule has 0 saturated carbocycles. The molecular weight excluding hydrogens is 352 g/mol. The van der Waals surface area contributed by atoms with Gasteiger partial charge < -0.3 is 9.73 Å². The molecule has 0 radical (unpaired) electrons. The molecule has 1 aromatic carbocycles. The van der Waals surface area contributed by atoms with E-state index >= 15 is 0 Å². The number of pyridine rings is 1. The van der Waals surface area contributed by atoms with Gasteiger partial charge in [-0.15, -0.1) is 0 Å². The summed E-state index contributed by atoms with van der Waals surface area (Å²) in [5.74, 6) is 0.411. The molecule has 6 nitrogen and oxygen atoms in total. The lowest BCUT2D eigenvalue weighted by atomic mass is 10.1. The molecule has 4 aromatic rings. The first-order chi connectivity index (χ1) is 13.6. The smallest absolute Gasteiger partial charge is 0.270 e. The van der Waals surface area contributed by atoms with E-state index in [2.05, 4.69) is 21.5 Å². The maximum absolute atomic E-state index is 13.0. The Kier molecular flexibility index (Phi) is 4.76. The van der Waals surface area contributed by atoms with Crippen molar-refractivity contribution in [3.63, 3.8) is 0 Å². The molecule has 140 valence electrons. The Hall–Kier alpha value is -3.67. The van der Waals surface area contributed by atoms with E-state index in [4.69, 9.17) is 4.42 Å². The maximum atomic E-state index is 13.0. The van der Waals surface area contributed by atoms with Crippen molar-refractivity contribution < 1.29 is 9.21 Å². The number of aromatic nitrogens is 3. The van der Waals surface area contributed by atoms with Gasteiger partial charge in [-0.1, -0.05) is 17.7 Å². The van der Waals surface area contributed by atoms with Crippen molar-refractivity contribution in [1.82, 2.24) is 20.1 Å². The molecule has 0 aliphatic heterocycles. The minimum Gasteiger partial charge on any atom is -0.463 e. The first kappa shape index (κ1) is 17.7. The van der Waals surface area contributed by atoms with Crippen LogP contribution in [0.4, 0.5) is 0 Å². The predicted octanol–water partition coefficient (Wildman–Crippen LogP) is 4.07. The first-order valence-electron chi connectivity index (χ1n) is 9.00. The van der Waals surface area contributed by atoms with Gasteiger partial charge in [0, 0.05) is 25.0 Å². The fourth-order valence-electron chi connectivity index (χ4n) is 3.09. The molecule has 1 amide bonds. The summed E-state index contributed by atoms with van der Waals surface area (Å²) in [6.07, 6.45) is 5.00. The van der Waals surface area contributed by atoms with E-state index in [1.807, 2.05) is 44.2 Å². The van der Waals surface area contributed by atoms with Gasteiger partial charge in [0.15, 0.2) is 5.76 Å². The SMILES string of the molecule is Cc1ccc(-n2nc(-c3ccco3)cc2C(=O)NCc2ccncc2)c(C)c1. The molecular formula is C22H20N4O2. The summed E-state index contributed by atoms with van der Waals surface area (Å²) >= 11 is 0. The Bertz CT molecular complexity index is 1100. The number of rotatable bonds is 5.